The number of carbonyl (C=O) groups is 4. The molecule has 36 heavy (non-hydrogen) atoms. The lowest BCUT2D eigenvalue weighted by Gasteiger charge is -2.17. The average Bonchev–Trinajstić information content (AvgIpc) is 3.32. The van der Waals surface area contributed by atoms with E-state index < -0.39 is 23.9 Å². The van der Waals surface area contributed by atoms with Crippen molar-refractivity contribution in [1.29, 1.82) is 0 Å². The molecule has 0 aliphatic carbocycles. The van der Waals surface area contributed by atoms with E-state index in [1.54, 1.807) is 38.1 Å². The third-order valence-corrected chi connectivity index (χ3v) is 6.12. The van der Waals surface area contributed by atoms with Crippen LogP contribution in [0.3, 0.4) is 0 Å². The molecule has 1 aliphatic rings. The average molecular weight is 488 g/mol. The maximum atomic E-state index is 13.1. The highest BCUT2D eigenvalue weighted by Gasteiger charge is 2.28. The summed E-state index contributed by atoms with van der Waals surface area (Å²) < 4.78 is 4.87. The first-order chi connectivity index (χ1) is 17.2. The number of hydrogen-bond donors (Lipinski definition) is 4. The third-order valence-electron chi connectivity index (χ3n) is 6.12. The molecule has 0 spiro atoms. The van der Waals surface area contributed by atoms with Crippen molar-refractivity contribution < 1.29 is 29.0 Å². The van der Waals surface area contributed by atoms with E-state index in [1.807, 2.05) is 30.3 Å². The number of aromatic carboxylic acids is 1. The van der Waals surface area contributed by atoms with Gasteiger partial charge in [-0.2, -0.15) is 0 Å². The predicted molar refractivity (Wildman–Crippen MR) is 134 cm³/mol. The molecular weight excluding hydrogens is 462 g/mol. The number of carboxylic acids is 1. The molecule has 0 saturated carbocycles. The maximum absolute atomic E-state index is 13.1. The van der Waals surface area contributed by atoms with E-state index in [9.17, 15) is 24.3 Å². The maximum Gasteiger partial charge on any atom is 0.337 e. The lowest BCUT2D eigenvalue weighted by atomic mass is 10.0. The van der Waals surface area contributed by atoms with Crippen LogP contribution in [-0.2, 0) is 20.7 Å². The van der Waals surface area contributed by atoms with Gasteiger partial charge in [0.25, 0.3) is 11.8 Å². The van der Waals surface area contributed by atoms with E-state index in [0.717, 1.165) is 5.56 Å². The van der Waals surface area contributed by atoms with Crippen LogP contribution in [0.4, 0.5) is 5.69 Å². The van der Waals surface area contributed by atoms with Crippen molar-refractivity contribution in [3.05, 3.63) is 87.7 Å². The zero-order valence-electron chi connectivity index (χ0n) is 20.0. The van der Waals surface area contributed by atoms with Crippen molar-refractivity contribution in [2.45, 2.75) is 26.3 Å². The molecule has 3 aromatic rings. The summed E-state index contributed by atoms with van der Waals surface area (Å²) in [6, 6.07) is 13.1. The fraction of sp³-hybridized carbons (Fsp3) is 0.185. The van der Waals surface area contributed by atoms with E-state index >= 15 is 0 Å². The Kier molecular flexibility index (Phi) is 6.73. The smallest absolute Gasteiger partial charge is 0.337 e. The first kappa shape index (κ1) is 24.5. The van der Waals surface area contributed by atoms with Gasteiger partial charge in [0.1, 0.15) is 6.04 Å². The second kappa shape index (κ2) is 9.91. The van der Waals surface area contributed by atoms with Crippen molar-refractivity contribution in [2.75, 3.05) is 12.4 Å². The number of benzene rings is 2. The van der Waals surface area contributed by atoms with Crippen LogP contribution in [-0.4, -0.2) is 47.0 Å². The topological polar surface area (TPSA) is 138 Å². The number of aryl methyl sites for hydroxylation is 1. The summed E-state index contributed by atoms with van der Waals surface area (Å²) in [5, 5.41) is 14.9. The Morgan fingerprint density at radius 2 is 1.83 bits per heavy atom. The number of methoxy groups -OCH3 is 1. The number of fused-ring (bicyclic) bond motifs is 1. The van der Waals surface area contributed by atoms with Crippen molar-refractivity contribution in [3.63, 3.8) is 0 Å². The first-order valence-corrected chi connectivity index (χ1v) is 11.2. The van der Waals surface area contributed by atoms with Crippen LogP contribution in [0.15, 0.2) is 48.5 Å². The van der Waals surface area contributed by atoms with Gasteiger partial charge in [-0.3, -0.25) is 9.59 Å². The van der Waals surface area contributed by atoms with Crippen molar-refractivity contribution in [2.24, 2.45) is 0 Å². The molecule has 2 aromatic carbocycles. The minimum Gasteiger partial charge on any atom is -0.478 e. The molecule has 0 saturated heterocycles. The van der Waals surface area contributed by atoms with Crippen LogP contribution in [0.25, 0.3) is 11.6 Å². The third kappa shape index (κ3) is 4.76. The number of aromatic amines is 1. The fourth-order valence-electron chi connectivity index (χ4n) is 4.28. The van der Waals surface area contributed by atoms with Crippen LogP contribution in [0, 0.1) is 13.8 Å². The highest BCUT2D eigenvalue weighted by atomic mass is 16.5. The summed E-state index contributed by atoms with van der Waals surface area (Å²) in [5.74, 6) is -2.50. The molecule has 1 atom stereocenters. The number of amides is 2. The zero-order chi connectivity index (χ0) is 26.0. The minimum absolute atomic E-state index is 0.154. The number of carbonyl (C=O) groups excluding carboxylic acids is 3. The first-order valence-electron chi connectivity index (χ1n) is 11.2. The van der Waals surface area contributed by atoms with Gasteiger partial charge in [0.05, 0.1) is 18.2 Å². The molecule has 0 unspecified atom stereocenters. The van der Waals surface area contributed by atoms with Gasteiger partial charge in [0, 0.05) is 34.6 Å². The second-order valence-corrected chi connectivity index (χ2v) is 8.48. The molecule has 0 fully saturated rings. The largest absolute Gasteiger partial charge is 0.478 e. The van der Waals surface area contributed by atoms with Gasteiger partial charge < -0.3 is 25.5 Å². The van der Waals surface area contributed by atoms with Crippen LogP contribution in [0.1, 0.15) is 48.8 Å². The van der Waals surface area contributed by atoms with E-state index in [0.29, 0.717) is 28.2 Å². The van der Waals surface area contributed by atoms with Crippen molar-refractivity contribution in [1.82, 2.24) is 10.3 Å². The Hall–Kier alpha value is -4.66. The summed E-state index contributed by atoms with van der Waals surface area (Å²) in [5.41, 5.74) is 4.05. The van der Waals surface area contributed by atoms with Gasteiger partial charge in [0.2, 0.25) is 0 Å². The molecular formula is C27H25N3O6. The Morgan fingerprint density at radius 3 is 2.47 bits per heavy atom. The minimum atomic E-state index is -1.06. The zero-order valence-corrected chi connectivity index (χ0v) is 20.0. The predicted octanol–water partition coefficient (Wildman–Crippen LogP) is 3.34. The Labute approximate surface area is 207 Å². The normalized spacial score (nSPS) is 14.2. The summed E-state index contributed by atoms with van der Waals surface area (Å²) in [6.45, 7) is 3.31. The fourth-order valence-corrected chi connectivity index (χ4v) is 4.28. The number of nitrogens with one attached hydrogen (secondary N) is 3. The number of H-pyrrole nitrogens is 1. The molecule has 9 nitrogen and oxygen atoms in total. The molecule has 2 amide bonds. The molecule has 2 heterocycles. The number of carboxylic acid groups (broad SMARTS) is 1. The van der Waals surface area contributed by atoms with Gasteiger partial charge in [-0.05, 0) is 49.2 Å². The SMILES string of the molecule is COC(=O)[C@@H](Cc1ccccc1)NC(=O)c1ccc2c(c1)/C(=C/c1[nH]c(C)c(C(=O)O)c1C)C(=O)N2. The number of anilines is 1. The van der Waals surface area contributed by atoms with E-state index in [-0.39, 0.29) is 29.0 Å². The highest BCUT2D eigenvalue weighted by molar-refractivity contribution is 6.35. The number of hydrogen-bond acceptors (Lipinski definition) is 5. The van der Waals surface area contributed by atoms with Gasteiger partial charge >= 0.3 is 11.9 Å². The quantitative estimate of drug-likeness (QED) is 0.298. The lowest BCUT2D eigenvalue weighted by molar-refractivity contribution is -0.142. The van der Waals surface area contributed by atoms with Gasteiger partial charge in [-0.1, -0.05) is 30.3 Å². The second-order valence-electron chi connectivity index (χ2n) is 8.48. The van der Waals surface area contributed by atoms with Crippen molar-refractivity contribution >= 4 is 41.1 Å². The van der Waals surface area contributed by atoms with E-state index in [2.05, 4.69) is 15.6 Å². The molecule has 4 N–H and O–H groups in total. The summed E-state index contributed by atoms with van der Waals surface area (Å²) in [6.07, 6.45) is 1.83. The summed E-state index contributed by atoms with van der Waals surface area (Å²) in [7, 11) is 1.26. The highest BCUT2D eigenvalue weighted by Crippen LogP contribution is 2.34. The van der Waals surface area contributed by atoms with E-state index in [1.165, 1.54) is 7.11 Å². The molecule has 9 heteroatoms. The molecule has 1 aromatic heterocycles. The van der Waals surface area contributed by atoms with Gasteiger partial charge in [-0.15, -0.1) is 0 Å². The Morgan fingerprint density at radius 1 is 1.11 bits per heavy atom. The van der Waals surface area contributed by atoms with E-state index in [4.69, 9.17) is 4.74 Å². The van der Waals surface area contributed by atoms with Crippen LogP contribution < -0.4 is 10.6 Å². The van der Waals surface area contributed by atoms with Crippen molar-refractivity contribution in [3.8, 4) is 0 Å². The van der Waals surface area contributed by atoms with Crippen LogP contribution in [0.2, 0.25) is 0 Å². The molecule has 4 rings (SSSR count). The summed E-state index contributed by atoms with van der Waals surface area (Å²) >= 11 is 0. The van der Waals surface area contributed by atoms with Crippen LogP contribution >= 0.6 is 0 Å². The van der Waals surface area contributed by atoms with Crippen LogP contribution in [0.5, 0.6) is 0 Å². The monoisotopic (exact) mass is 487 g/mol. The number of aromatic nitrogens is 1. The lowest BCUT2D eigenvalue weighted by Crippen LogP contribution is -2.43. The van der Waals surface area contributed by atoms with Gasteiger partial charge in [-0.25, -0.2) is 9.59 Å². The number of esters is 1. The molecule has 1 aliphatic heterocycles. The molecule has 184 valence electrons. The number of rotatable bonds is 7. The Bertz CT molecular complexity index is 1400. The molecule has 0 bridgehead atoms. The van der Waals surface area contributed by atoms with Gasteiger partial charge in [0.15, 0.2) is 0 Å². The Balaban J connectivity index is 1.63. The number of ether oxygens (including phenoxy) is 1. The standard InChI is InChI=1S/C27H25N3O6/c1-14-21(28-15(2)23(14)26(33)34)13-19-18-12-17(9-10-20(18)29-25(19)32)24(31)30-22(27(35)36-3)11-16-7-5-4-6-8-16/h4-10,12-13,22,28H,11H2,1-3H3,(H,29,32)(H,30,31)(H,33,34)/b19-13-/t22-/m1/s1. The molecule has 0 radical (unpaired) electrons. The summed E-state index contributed by atoms with van der Waals surface area (Å²) in [4.78, 5) is 52.7.